The third-order valence-electron chi connectivity index (χ3n) is 2.62. The van der Waals surface area contributed by atoms with E-state index in [-0.39, 0.29) is 5.91 Å². The summed E-state index contributed by atoms with van der Waals surface area (Å²) in [6.45, 7) is 2.41. The fourth-order valence-electron chi connectivity index (χ4n) is 1.61. The van der Waals surface area contributed by atoms with Gasteiger partial charge in [-0.05, 0) is 18.6 Å². The highest BCUT2D eigenvalue weighted by atomic mass is 16.5. The number of para-hydroxylation sites is 1. The lowest BCUT2D eigenvalue weighted by Crippen LogP contribution is -2.26. The first kappa shape index (κ1) is 15.5. The van der Waals surface area contributed by atoms with Crippen LogP contribution in [0.15, 0.2) is 24.3 Å². The van der Waals surface area contributed by atoms with Crippen molar-refractivity contribution in [1.82, 2.24) is 5.32 Å². The number of benzene rings is 1. The van der Waals surface area contributed by atoms with Crippen molar-refractivity contribution in [2.24, 2.45) is 0 Å². The van der Waals surface area contributed by atoms with Gasteiger partial charge in [0.25, 0.3) is 5.91 Å². The molecule has 1 aromatic carbocycles. The van der Waals surface area contributed by atoms with Gasteiger partial charge in [0.1, 0.15) is 0 Å². The summed E-state index contributed by atoms with van der Waals surface area (Å²) < 4.78 is 10.2. The fourth-order valence-corrected chi connectivity index (χ4v) is 1.61. The van der Waals surface area contributed by atoms with Crippen LogP contribution in [-0.2, 0) is 9.47 Å². The summed E-state index contributed by atoms with van der Waals surface area (Å²) in [6.07, 6.45) is 0.789. The number of hydrogen-bond donors (Lipinski definition) is 2. The molecule has 0 unspecified atom stereocenters. The first-order valence-electron chi connectivity index (χ1n) is 6.41. The number of amides is 1. The Bertz CT molecular complexity index is 383. The van der Waals surface area contributed by atoms with Crippen LogP contribution in [0.1, 0.15) is 16.8 Å². The van der Waals surface area contributed by atoms with Gasteiger partial charge in [-0.15, -0.1) is 0 Å². The Balaban J connectivity index is 2.24. The molecule has 2 N–H and O–H groups in total. The zero-order chi connectivity index (χ0) is 13.9. The maximum Gasteiger partial charge on any atom is 0.253 e. The summed E-state index contributed by atoms with van der Waals surface area (Å²) in [5.41, 5.74) is 1.49. The maximum absolute atomic E-state index is 11.9. The fraction of sp³-hybridized carbons (Fsp3) is 0.500. The molecular weight excluding hydrogens is 244 g/mol. The van der Waals surface area contributed by atoms with Crippen LogP contribution in [0.4, 0.5) is 5.69 Å². The van der Waals surface area contributed by atoms with Gasteiger partial charge in [-0.25, -0.2) is 0 Å². The molecule has 0 saturated heterocycles. The van der Waals surface area contributed by atoms with Crippen LogP contribution in [-0.4, -0.2) is 46.4 Å². The van der Waals surface area contributed by atoms with Gasteiger partial charge in [0.05, 0.1) is 18.8 Å². The van der Waals surface area contributed by atoms with Crippen LogP contribution in [0.5, 0.6) is 0 Å². The number of carbonyl (C=O) groups excluding carboxylic acids is 1. The second-order valence-electron chi connectivity index (χ2n) is 4.01. The monoisotopic (exact) mass is 266 g/mol. The highest BCUT2D eigenvalue weighted by molar-refractivity contribution is 5.99. The molecule has 0 heterocycles. The van der Waals surface area contributed by atoms with Crippen LogP contribution in [0.2, 0.25) is 0 Å². The third kappa shape index (κ3) is 5.72. The highest BCUT2D eigenvalue weighted by Gasteiger charge is 2.08. The smallest absolute Gasteiger partial charge is 0.253 e. The van der Waals surface area contributed by atoms with Gasteiger partial charge in [-0.2, -0.15) is 0 Å². The van der Waals surface area contributed by atoms with E-state index in [2.05, 4.69) is 10.6 Å². The van der Waals surface area contributed by atoms with Gasteiger partial charge in [-0.3, -0.25) is 4.79 Å². The zero-order valence-corrected chi connectivity index (χ0v) is 11.6. The number of carbonyl (C=O) groups is 1. The van der Waals surface area contributed by atoms with Crippen LogP contribution < -0.4 is 10.6 Å². The van der Waals surface area contributed by atoms with E-state index in [1.807, 2.05) is 18.2 Å². The molecule has 0 spiro atoms. The molecule has 0 fully saturated rings. The molecule has 0 aliphatic heterocycles. The Morgan fingerprint density at radius 3 is 2.74 bits per heavy atom. The molecule has 1 rings (SSSR count). The molecule has 1 aromatic rings. The topological polar surface area (TPSA) is 59.6 Å². The lowest BCUT2D eigenvalue weighted by atomic mass is 10.1. The van der Waals surface area contributed by atoms with Crippen molar-refractivity contribution in [1.29, 1.82) is 0 Å². The summed E-state index contributed by atoms with van der Waals surface area (Å²) >= 11 is 0. The van der Waals surface area contributed by atoms with Crippen LogP contribution in [0.3, 0.4) is 0 Å². The summed E-state index contributed by atoms with van der Waals surface area (Å²) in [5.74, 6) is -0.0677. The number of nitrogens with one attached hydrogen (secondary N) is 2. The van der Waals surface area contributed by atoms with Crippen molar-refractivity contribution in [3.63, 3.8) is 0 Å². The van der Waals surface area contributed by atoms with E-state index >= 15 is 0 Å². The summed E-state index contributed by atoms with van der Waals surface area (Å²) in [6, 6.07) is 7.43. The van der Waals surface area contributed by atoms with E-state index in [9.17, 15) is 4.79 Å². The Morgan fingerprint density at radius 1 is 1.21 bits per heavy atom. The Hall–Kier alpha value is -1.59. The van der Waals surface area contributed by atoms with Crippen molar-refractivity contribution >= 4 is 11.6 Å². The van der Waals surface area contributed by atoms with Gasteiger partial charge in [-0.1, -0.05) is 12.1 Å². The van der Waals surface area contributed by atoms with Gasteiger partial charge in [0, 0.05) is 33.0 Å². The largest absolute Gasteiger partial charge is 0.387 e. The first-order chi connectivity index (χ1) is 9.29. The molecule has 0 bridgehead atoms. The number of rotatable bonds is 9. The van der Waals surface area contributed by atoms with E-state index in [0.717, 1.165) is 12.1 Å². The predicted octanol–water partition coefficient (Wildman–Crippen LogP) is 1.51. The summed E-state index contributed by atoms with van der Waals surface area (Å²) in [5, 5.41) is 5.88. The Labute approximate surface area is 114 Å². The van der Waals surface area contributed by atoms with E-state index in [0.29, 0.717) is 31.9 Å². The minimum absolute atomic E-state index is 0.0677. The van der Waals surface area contributed by atoms with Crippen molar-refractivity contribution in [2.45, 2.75) is 6.42 Å². The van der Waals surface area contributed by atoms with Crippen LogP contribution in [0, 0.1) is 0 Å². The average Bonchev–Trinajstić information content (AvgIpc) is 2.46. The molecule has 0 aliphatic carbocycles. The molecule has 0 aliphatic rings. The normalized spacial score (nSPS) is 10.2. The average molecular weight is 266 g/mol. The predicted molar refractivity (Wildman–Crippen MR) is 75.6 cm³/mol. The third-order valence-corrected chi connectivity index (χ3v) is 2.62. The quantitative estimate of drug-likeness (QED) is 0.665. The maximum atomic E-state index is 11.9. The van der Waals surface area contributed by atoms with E-state index in [4.69, 9.17) is 9.47 Å². The molecule has 5 heteroatoms. The lowest BCUT2D eigenvalue weighted by molar-refractivity contribution is 0.0688. The number of ether oxygens (including phenoxy) is 2. The van der Waals surface area contributed by atoms with Crippen molar-refractivity contribution < 1.29 is 14.3 Å². The summed E-state index contributed by atoms with van der Waals surface area (Å²) in [7, 11) is 3.44. The number of anilines is 1. The van der Waals surface area contributed by atoms with Crippen molar-refractivity contribution in [3.8, 4) is 0 Å². The van der Waals surface area contributed by atoms with E-state index in [1.54, 1.807) is 20.2 Å². The molecule has 0 aromatic heterocycles. The Morgan fingerprint density at radius 2 is 2.00 bits per heavy atom. The summed E-state index contributed by atoms with van der Waals surface area (Å²) in [4.78, 5) is 11.9. The molecule has 5 nitrogen and oxygen atoms in total. The minimum atomic E-state index is -0.0677. The minimum Gasteiger partial charge on any atom is -0.387 e. The molecule has 0 atom stereocenters. The second-order valence-corrected chi connectivity index (χ2v) is 4.01. The molecule has 0 saturated carbocycles. The first-order valence-corrected chi connectivity index (χ1v) is 6.41. The second kappa shape index (κ2) is 9.35. The molecule has 106 valence electrons. The van der Waals surface area contributed by atoms with E-state index in [1.165, 1.54) is 0 Å². The van der Waals surface area contributed by atoms with Gasteiger partial charge >= 0.3 is 0 Å². The van der Waals surface area contributed by atoms with Gasteiger partial charge in [0.2, 0.25) is 0 Å². The lowest BCUT2D eigenvalue weighted by Gasteiger charge is -2.09. The van der Waals surface area contributed by atoms with Gasteiger partial charge < -0.3 is 20.1 Å². The van der Waals surface area contributed by atoms with E-state index < -0.39 is 0 Å². The molecule has 0 radical (unpaired) electrons. The van der Waals surface area contributed by atoms with Crippen molar-refractivity contribution in [2.75, 3.05) is 45.8 Å². The van der Waals surface area contributed by atoms with Crippen LogP contribution >= 0.6 is 0 Å². The van der Waals surface area contributed by atoms with Crippen LogP contribution in [0.25, 0.3) is 0 Å². The molecule has 1 amide bonds. The highest BCUT2D eigenvalue weighted by Crippen LogP contribution is 2.13. The molecule has 19 heavy (non-hydrogen) atoms. The molecular formula is C14H22N2O3. The number of methoxy groups -OCH3 is 1. The number of hydrogen-bond acceptors (Lipinski definition) is 4. The Kier molecular flexibility index (Phi) is 7.62. The zero-order valence-electron chi connectivity index (χ0n) is 11.6. The standard InChI is InChI=1S/C14H22N2O3/c1-15-13-7-4-3-6-12(13)14(17)16-8-5-9-19-11-10-18-2/h3-4,6-7,15H,5,8-11H2,1-2H3,(H,16,17). The van der Waals surface area contributed by atoms with Crippen molar-refractivity contribution in [3.05, 3.63) is 29.8 Å². The van der Waals surface area contributed by atoms with Gasteiger partial charge in [0.15, 0.2) is 0 Å². The SMILES string of the molecule is CNc1ccccc1C(=O)NCCCOCCOC.